The van der Waals surface area contributed by atoms with E-state index in [1.54, 1.807) is 30.0 Å². The van der Waals surface area contributed by atoms with Crippen molar-refractivity contribution in [1.82, 2.24) is 15.2 Å². The van der Waals surface area contributed by atoms with Crippen LogP contribution < -0.4 is 5.32 Å². The van der Waals surface area contributed by atoms with Gasteiger partial charge in [-0.05, 0) is 35.9 Å². The first kappa shape index (κ1) is 25.8. The molecule has 10 heteroatoms. The van der Waals surface area contributed by atoms with Crippen molar-refractivity contribution in [3.8, 4) is 28.5 Å². The number of hydrogen-bond acceptors (Lipinski definition) is 8. The van der Waals surface area contributed by atoms with Crippen molar-refractivity contribution in [2.24, 2.45) is 0 Å². The monoisotopic (exact) mass is 535 g/mol. The lowest BCUT2D eigenvalue weighted by atomic mass is 9.99. The molecule has 0 bridgehead atoms. The first-order chi connectivity index (χ1) is 17.5. The van der Waals surface area contributed by atoms with Gasteiger partial charge in [0.25, 0.3) is 0 Å². The molecule has 0 saturated carbocycles. The maximum atomic E-state index is 14.1. The molecule has 1 unspecified atom stereocenters. The fraction of sp³-hybridized carbons (Fsp3) is 0.192. The third-order valence-electron chi connectivity index (χ3n) is 5.12. The lowest BCUT2D eigenvalue weighted by Crippen LogP contribution is -2.24. The summed E-state index contributed by atoms with van der Waals surface area (Å²) >= 11 is 4.10. The van der Waals surface area contributed by atoms with Crippen LogP contribution in [0.15, 0.2) is 70.0 Å². The van der Waals surface area contributed by atoms with E-state index in [1.165, 1.54) is 35.2 Å². The van der Waals surface area contributed by atoms with Crippen molar-refractivity contribution < 1.29 is 9.18 Å². The Kier molecular flexibility index (Phi) is 8.70. The highest BCUT2D eigenvalue weighted by molar-refractivity contribution is 8.01. The zero-order valence-corrected chi connectivity index (χ0v) is 22.0. The van der Waals surface area contributed by atoms with E-state index in [-0.39, 0.29) is 5.91 Å². The summed E-state index contributed by atoms with van der Waals surface area (Å²) in [7, 11) is 0. The predicted molar refractivity (Wildman–Crippen MR) is 145 cm³/mol. The van der Waals surface area contributed by atoms with Gasteiger partial charge in [0, 0.05) is 11.1 Å². The van der Waals surface area contributed by atoms with Gasteiger partial charge >= 0.3 is 0 Å². The van der Waals surface area contributed by atoms with Gasteiger partial charge in [0.2, 0.25) is 11.0 Å². The van der Waals surface area contributed by atoms with Crippen molar-refractivity contribution in [2.75, 3.05) is 11.1 Å². The summed E-state index contributed by atoms with van der Waals surface area (Å²) in [5.74, 6) is 0.228. The highest BCUT2D eigenvalue weighted by Gasteiger charge is 2.24. The van der Waals surface area contributed by atoms with Gasteiger partial charge in [0.05, 0.1) is 16.5 Å². The number of pyridine rings is 1. The second-order valence-corrected chi connectivity index (χ2v) is 11.2. The summed E-state index contributed by atoms with van der Waals surface area (Å²) in [6.07, 6.45) is 0.503. The number of carbonyl (C=O) groups excluding carboxylic acids is 1. The Morgan fingerprint density at radius 1 is 1.11 bits per heavy atom. The van der Waals surface area contributed by atoms with E-state index < -0.39 is 11.1 Å². The van der Waals surface area contributed by atoms with Crippen LogP contribution in [0.2, 0.25) is 0 Å². The van der Waals surface area contributed by atoms with Crippen LogP contribution in [0.4, 0.5) is 9.52 Å². The number of benzene rings is 2. The summed E-state index contributed by atoms with van der Waals surface area (Å²) in [6, 6.07) is 19.7. The largest absolute Gasteiger partial charge is 0.300 e. The minimum absolute atomic E-state index is 0.241. The quantitative estimate of drug-likeness (QED) is 0.184. The number of aromatic nitrogens is 3. The number of carbonyl (C=O) groups is 1. The molecule has 2 heterocycles. The highest BCUT2D eigenvalue weighted by Crippen LogP contribution is 2.37. The van der Waals surface area contributed by atoms with Crippen molar-refractivity contribution >= 4 is 45.9 Å². The fourth-order valence-electron chi connectivity index (χ4n) is 3.44. The van der Waals surface area contributed by atoms with Gasteiger partial charge in [0.1, 0.15) is 16.9 Å². The molecule has 182 valence electrons. The van der Waals surface area contributed by atoms with E-state index in [9.17, 15) is 14.4 Å². The number of halogens is 1. The van der Waals surface area contributed by atoms with E-state index >= 15 is 0 Å². The van der Waals surface area contributed by atoms with E-state index in [0.717, 1.165) is 15.7 Å². The van der Waals surface area contributed by atoms with E-state index in [1.807, 2.05) is 44.2 Å². The number of rotatable bonds is 9. The standard InChI is InChI=1S/C26H22FN5OS3/c1-3-22(23(33)30-25-31-32-26(36-25)34-4-2)35-24-20(15-28)19(17-11-8-12-18(27)13-17)14-21(29-24)16-9-6-5-7-10-16/h5-14,22H,3-4H2,1-2H3,(H,30,31,33). The SMILES string of the molecule is CCSc1nnc(NC(=O)C(CC)Sc2nc(-c3ccccc3)cc(-c3cccc(F)c3)c2C#N)s1. The number of nitrogens with one attached hydrogen (secondary N) is 1. The Morgan fingerprint density at radius 3 is 2.58 bits per heavy atom. The molecule has 0 aliphatic carbocycles. The summed E-state index contributed by atoms with van der Waals surface area (Å²) in [5, 5.41) is 21.4. The molecule has 1 atom stereocenters. The van der Waals surface area contributed by atoms with Gasteiger partial charge in [-0.1, -0.05) is 91.2 Å². The Bertz CT molecular complexity index is 1400. The molecular weight excluding hydrogens is 514 g/mol. The number of anilines is 1. The number of nitriles is 1. The second kappa shape index (κ2) is 12.1. The van der Waals surface area contributed by atoms with Crippen LogP contribution >= 0.6 is 34.9 Å². The lowest BCUT2D eigenvalue weighted by Gasteiger charge is -2.17. The Morgan fingerprint density at radius 2 is 1.89 bits per heavy atom. The number of thioether (sulfide) groups is 2. The maximum absolute atomic E-state index is 14.1. The number of nitrogens with zero attached hydrogens (tertiary/aromatic N) is 4. The Hall–Kier alpha value is -3.26. The van der Waals surface area contributed by atoms with Gasteiger partial charge in [-0.2, -0.15) is 5.26 Å². The van der Waals surface area contributed by atoms with Gasteiger partial charge in [-0.25, -0.2) is 9.37 Å². The molecule has 0 spiro atoms. The average Bonchev–Trinajstić information content (AvgIpc) is 3.34. The molecule has 0 radical (unpaired) electrons. The summed E-state index contributed by atoms with van der Waals surface area (Å²) in [6.45, 7) is 3.92. The summed E-state index contributed by atoms with van der Waals surface area (Å²) in [5.41, 5.74) is 2.93. The minimum atomic E-state index is -0.526. The summed E-state index contributed by atoms with van der Waals surface area (Å²) in [4.78, 5) is 17.9. The molecule has 0 aliphatic heterocycles. The zero-order chi connectivity index (χ0) is 25.5. The molecule has 4 aromatic rings. The van der Waals surface area contributed by atoms with Gasteiger partial charge < -0.3 is 0 Å². The van der Waals surface area contributed by atoms with Gasteiger partial charge in [-0.15, -0.1) is 10.2 Å². The van der Waals surface area contributed by atoms with Crippen LogP contribution in [0.1, 0.15) is 25.8 Å². The Balaban J connectivity index is 1.72. The smallest absolute Gasteiger partial charge is 0.239 e. The topological polar surface area (TPSA) is 91.6 Å². The zero-order valence-electron chi connectivity index (χ0n) is 19.6. The van der Waals surface area contributed by atoms with E-state index in [0.29, 0.717) is 39.0 Å². The molecule has 2 aromatic heterocycles. The molecule has 0 aliphatic rings. The van der Waals surface area contributed by atoms with Crippen LogP contribution in [0, 0.1) is 17.1 Å². The fourth-order valence-corrected chi connectivity index (χ4v) is 6.12. The van der Waals surface area contributed by atoms with Crippen LogP contribution in [0.3, 0.4) is 0 Å². The molecule has 0 saturated heterocycles. The van der Waals surface area contributed by atoms with Crippen molar-refractivity contribution in [3.05, 3.63) is 72.0 Å². The molecule has 6 nitrogen and oxygen atoms in total. The maximum Gasteiger partial charge on any atom is 0.239 e. The van der Waals surface area contributed by atoms with Gasteiger partial charge in [0.15, 0.2) is 4.34 Å². The molecule has 2 aromatic carbocycles. The molecular formula is C26H22FN5OS3. The molecule has 1 N–H and O–H groups in total. The van der Waals surface area contributed by atoms with Crippen LogP contribution in [0.25, 0.3) is 22.4 Å². The predicted octanol–water partition coefficient (Wildman–Crippen LogP) is 6.90. The third-order valence-corrected chi connectivity index (χ3v) is 8.33. The van der Waals surface area contributed by atoms with Gasteiger partial charge in [-0.3, -0.25) is 10.1 Å². The number of amides is 1. The molecule has 36 heavy (non-hydrogen) atoms. The van der Waals surface area contributed by atoms with E-state index in [4.69, 9.17) is 4.98 Å². The number of hydrogen-bond donors (Lipinski definition) is 1. The summed E-state index contributed by atoms with van der Waals surface area (Å²) < 4.78 is 14.9. The molecule has 0 fully saturated rings. The normalized spacial score (nSPS) is 11.6. The van der Waals surface area contributed by atoms with Crippen molar-refractivity contribution in [1.29, 1.82) is 5.26 Å². The minimum Gasteiger partial charge on any atom is -0.300 e. The van der Waals surface area contributed by atoms with Crippen molar-refractivity contribution in [3.63, 3.8) is 0 Å². The average molecular weight is 536 g/mol. The lowest BCUT2D eigenvalue weighted by molar-refractivity contribution is -0.115. The highest BCUT2D eigenvalue weighted by atomic mass is 32.2. The Labute approximate surface area is 221 Å². The first-order valence-corrected chi connectivity index (χ1v) is 13.9. The molecule has 1 amide bonds. The second-order valence-electron chi connectivity index (χ2n) is 7.53. The van der Waals surface area contributed by atoms with Crippen LogP contribution in [-0.2, 0) is 4.79 Å². The third kappa shape index (κ3) is 6.10. The first-order valence-electron chi connectivity index (χ1n) is 11.2. The van der Waals surface area contributed by atoms with Crippen LogP contribution in [0.5, 0.6) is 0 Å². The van der Waals surface area contributed by atoms with Crippen molar-refractivity contribution in [2.45, 2.75) is 34.9 Å². The van der Waals surface area contributed by atoms with Crippen LogP contribution in [-0.4, -0.2) is 32.1 Å². The van der Waals surface area contributed by atoms with E-state index in [2.05, 4.69) is 21.6 Å². The molecule has 4 rings (SSSR count).